The van der Waals surface area contributed by atoms with Crippen LogP contribution in [0.1, 0.15) is 30.1 Å². The number of nitrogens with one attached hydrogen (secondary N) is 2. The van der Waals surface area contributed by atoms with Crippen LogP contribution in [0.15, 0.2) is 54.7 Å². The SMILES string of the molecule is CNC(=O)C(c1ccccc1)N1CCCC1C(=O)NCCc1ccccn1. The summed E-state index contributed by atoms with van der Waals surface area (Å²) in [5.41, 5.74) is 1.86. The highest BCUT2D eigenvalue weighted by molar-refractivity contribution is 5.86. The van der Waals surface area contributed by atoms with Gasteiger partial charge in [-0.2, -0.15) is 0 Å². The average molecular weight is 366 g/mol. The summed E-state index contributed by atoms with van der Waals surface area (Å²) in [6.07, 6.45) is 4.11. The van der Waals surface area contributed by atoms with Crippen LogP contribution < -0.4 is 10.6 Å². The quantitative estimate of drug-likeness (QED) is 0.782. The van der Waals surface area contributed by atoms with Crippen LogP contribution in [0.2, 0.25) is 0 Å². The van der Waals surface area contributed by atoms with Crippen molar-refractivity contribution in [1.82, 2.24) is 20.5 Å². The average Bonchev–Trinajstić information content (AvgIpc) is 3.19. The van der Waals surface area contributed by atoms with E-state index in [1.807, 2.05) is 53.4 Å². The van der Waals surface area contributed by atoms with Crippen LogP contribution in [0.3, 0.4) is 0 Å². The Bertz CT molecular complexity index is 751. The molecule has 1 saturated heterocycles. The van der Waals surface area contributed by atoms with Crippen LogP contribution in [0.25, 0.3) is 0 Å². The van der Waals surface area contributed by atoms with Crippen molar-refractivity contribution in [3.63, 3.8) is 0 Å². The van der Waals surface area contributed by atoms with Crippen molar-refractivity contribution in [2.75, 3.05) is 20.1 Å². The monoisotopic (exact) mass is 366 g/mol. The lowest BCUT2D eigenvalue weighted by atomic mass is 10.0. The second kappa shape index (κ2) is 9.28. The molecule has 1 aliphatic heterocycles. The summed E-state index contributed by atoms with van der Waals surface area (Å²) in [6, 6.07) is 14.7. The Kier molecular flexibility index (Phi) is 6.54. The summed E-state index contributed by atoms with van der Waals surface area (Å²) >= 11 is 0. The molecule has 2 heterocycles. The smallest absolute Gasteiger partial charge is 0.241 e. The fraction of sp³-hybridized carbons (Fsp3) is 0.381. The van der Waals surface area contributed by atoms with E-state index in [1.54, 1.807) is 13.2 Å². The standard InChI is InChI=1S/C21H26N4O2/c1-22-21(27)19(16-8-3-2-4-9-16)25-15-7-11-18(25)20(26)24-14-12-17-10-5-6-13-23-17/h2-6,8-10,13,18-19H,7,11-12,14-15H2,1H3,(H,22,27)(H,24,26). The predicted octanol–water partition coefficient (Wildman–Crippen LogP) is 1.69. The number of pyridine rings is 1. The van der Waals surface area contributed by atoms with Crippen LogP contribution in [-0.2, 0) is 16.0 Å². The molecular weight excluding hydrogens is 340 g/mol. The maximum atomic E-state index is 12.8. The third kappa shape index (κ3) is 4.71. The summed E-state index contributed by atoms with van der Waals surface area (Å²) in [4.78, 5) is 31.7. The molecule has 2 aromatic rings. The lowest BCUT2D eigenvalue weighted by molar-refractivity contribution is -0.131. The van der Waals surface area contributed by atoms with Gasteiger partial charge >= 0.3 is 0 Å². The number of hydrogen-bond donors (Lipinski definition) is 2. The summed E-state index contributed by atoms with van der Waals surface area (Å²) in [5.74, 6) is -0.109. The Morgan fingerprint density at radius 3 is 2.67 bits per heavy atom. The maximum Gasteiger partial charge on any atom is 0.241 e. The van der Waals surface area contributed by atoms with Gasteiger partial charge in [-0.3, -0.25) is 19.5 Å². The molecule has 0 saturated carbocycles. The molecule has 0 radical (unpaired) electrons. The third-order valence-electron chi connectivity index (χ3n) is 4.95. The molecule has 2 N–H and O–H groups in total. The van der Waals surface area contributed by atoms with Gasteiger partial charge in [0.25, 0.3) is 0 Å². The molecule has 0 spiro atoms. The molecule has 142 valence electrons. The van der Waals surface area contributed by atoms with Crippen molar-refractivity contribution in [2.24, 2.45) is 0 Å². The van der Waals surface area contributed by atoms with Crippen molar-refractivity contribution in [3.8, 4) is 0 Å². The van der Waals surface area contributed by atoms with Crippen molar-refractivity contribution in [3.05, 3.63) is 66.0 Å². The zero-order valence-corrected chi connectivity index (χ0v) is 15.6. The van der Waals surface area contributed by atoms with Crippen molar-refractivity contribution >= 4 is 11.8 Å². The first-order valence-electron chi connectivity index (χ1n) is 9.40. The van der Waals surface area contributed by atoms with Gasteiger partial charge in [0.2, 0.25) is 11.8 Å². The molecule has 2 unspecified atom stereocenters. The first kappa shape index (κ1) is 19.0. The van der Waals surface area contributed by atoms with Gasteiger partial charge in [0, 0.05) is 38.4 Å². The number of likely N-dealkylation sites (tertiary alicyclic amines) is 1. The fourth-order valence-corrected chi connectivity index (χ4v) is 3.62. The normalized spacial score (nSPS) is 18.0. The Hall–Kier alpha value is -2.73. The highest BCUT2D eigenvalue weighted by Gasteiger charge is 2.38. The minimum atomic E-state index is -0.453. The highest BCUT2D eigenvalue weighted by atomic mass is 16.2. The molecule has 1 aromatic heterocycles. The first-order valence-corrected chi connectivity index (χ1v) is 9.40. The van der Waals surface area contributed by atoms with Gasteiger partial charge in [-0.1, -0.05) is 36.4 Å². The minimum absolute atomic E-state index is 0.0201. The number of hydrogen-bond acceptors (Lipinski definition) is 4. The number of carbonyl (C=O) groups is 2. The number of rotatable bonds is 7. The molecule has 2 atom stereocenters. The fourth-order valence-electron chi connectivity index (χ4n) is 3.62. The zero-order valence-electron chi connectivity index (χ0n) is 15.6. The second-order valence-electron chi connectivity index (χ2n) is 6.69. The van der Waals surface area contributed by atoms with Gasteiger partial charge in [0.15, 0.2) is 0 Å². The van der Waals surface area contributed by atoms with Gasteiger partial charge in [-0.15, -0.1) is 0 Å². The maximum absolute atomic E-state index is 12.8. The van der Waals surface area contributed by atoms with E-state index in [4.69, 9.17) is 0 Å². The van der Waals surface area contributed by atoms with Gasteiger partial charge in [-0.05, 0) is 30.5 Å². The lowest BCUT2D eigenvalue weighted by Crippen LogP contribution is -2.48. The van der Waals surface area contributed by atoms with Crippen molar-refractivity contribution in [1.29, 1.82) is 0 Å². The van der Waals surface area contributed by atoms with E-state index in [0.29, 0.717) is 13.0 Å². The zero-order chi connectivity index (χ0) is 19.1. The number of aromatic nitrogens is 1. The van der Waals surface area contributed by atoms with Crippen LogP contribution in [-0.4, -0.2) is 47.9 Å². The number of carbonyl (C=O) groups excluding carboxylic acids is 2. The Balaban J connectivity index is 1.67. The largest absolute Gasteiger partial charge is 0.358 e. The summed E-state index contributed by atoms with van der Waals surface area (Å²) in [6.45, 7) is 1.27. The van der Waals surface area contributed by atoms with E-state index in [2.05, 4.69) is 15.6 Å². The Labute approximate surface area is 160 Å². The van der Waals surface area contributed by atoms with Gasteiger partial charge < -0.3 is 10.6 Å². The number of likely N-dealkylation sites (N-methyl/N-ethyl adjacent to an activating group) is 1. The second-order valence-corrected chi connectivity index (χ2v) is 6.69. The van der Waals surface area contributed by atoms with Crippen LogP contribution in [0, 0.1) is 0 Å². The van der Waals surface area contributed by atoms with E-state index >= 15 is 0 Å². The molecule has 1 fully saturated rings. The molecule has 27 heavy (non-hydrogen) atoms. The minimum Gasteiger partial charge on any atom is -0.358 e. The molecular formula is C21H26N4O2. The summed E-state index contributed by atoms with van der Waals surface area (Å²) < 4.78 is 0. The van der Waals surface area contributed by atoms with Crippen LogP contribution >= 0.6 is 0 Å². The van der Waals surface area contributed by atoms with Crippen LogP contribution in [0.4, 0.5) is 0 Å². The topological polar surface area (TPSA) is 74.3 Å². The molecule has 2 amide bonds. The molecule has 1 aromatic carbocycles. The van der Waals surface area contributed by atoms with Crippen molar-refractivity contribution < 1.29 is 9.59 Å². The lowest BCUT2D eigenvalue weighted by Gasteiger charge is -2.31. The van der Waals surface area contributed by atoms with E-state index in [-0.39, 0.29) is 17.9 Å². The number of nitrogens with zero attached hydrogens (tertiary/aromatic N) is 2. The summed E-state index contributed by atoms with van der Waals surface area (Å²) in [5, 5.41) is 5.76. The third-order valence-corrected chi connectivity index (χ3v) is 4.95. The first-order chi connectivity index (χ1) is 13.2. The van der Waals surface area contributed by atoms with Crippen LogP contribution in [0.5, 0.6) is 0 Å². The number of amides is 2. The van der Waals surface area contributed by atoms with E-state index < -0.39 is 6.04 Å². The van der Waals surface area contributed by atoms with Gasteiger partial charge in [0.1, 0.15) is 6.04 Å². The van der Waals surface area contributed by atoms with E-state index in [0.717, 1.165) is 30.6 Å². The molecule has 0 aliphatic carbocycles. The van der Waals surface area contributed by atoms with E-state index in [9.17, 15) is 9.59 Å². The molecule has 6 nitrogen and oxygen atoms in total. The summed E-state index contributed by atoms with van der Waals surface area (Å²) in [7, 11) is 1.64. The predicted molar refractivity (Wildman–Crippen MR) is 104 cm³/mol. The highest BCUT2D eigenvalue weighted by Crippen LogP contribution is 2.29. The number of benzene rings is 1. The van der Waals surface area contributed by atoms with E-state index in [1.165, 1.54) is 0 Å². The van der Waals surface area contributed by atoms with Gasteiger partial charge in [0.05, 0.1) is 6.04 Å². The molecule has 6 heteroatoms. The van der Waals surface area contributed by atoms with Crippen molar-refractivity contribution in [2.45, 2.75) is 31.3 Å². The molecule has 3 rings (SSSR count). The molecule has 0 bridgehead atoms. The Morgan fingerprint density at radius 1 is 1.19 bits per heavy atom. The Morgan fingerprint density at radius 2 is 1.96 bits per heavy atom. The molecule has 1 aliphatic rings. The van der Waals surface area contributed by atoms with Gasteiger partial charge in [-0.25, -0.2) is 0 Å².